The molecule has 0 spiro atoms. The molecular formula is C19H25N5O. The molecule has 0 aliphatic rings. The van der Waals surface area contributed by atoms with Crippen LogP contribution in [0.2, 0.25) is 0 Å². The van der Waals surface area contributed by atoms with Crippen LogP contribution in [0.1, 0.15) is 36.5 Å². The fourth-order valence-corrected chi connectivity index (χ4v) is 2.72. The van der Waals surface area contributed by atoms with Crippen molar-refractivity contribution in [3.8, 4) is 11.4 Å². The Labute approximate surface area is 147 Å². The summed E-state index contributed by atoms with van der Waals surface area (Å²) >= 11 is 0. The van der Waals surface area contributed by atoms with Crippen molar-refractivity contribution in [2.75, 3.05) is 11.9 Å². The van der Waals surface area contributed by atoms with Gasteiger partial charge >= 0.3 is 0 Å². The number of aromatic nitrogens is 4. The van der Waals surface area contributed by atoms with Crippen LogP contribution in [0, 0.1) is 27.7 Å². The second-order valence-corrected chi connectivity index (χ2v) is 7.22. The van der Waals surface area contributed by atoms with Crippen molar-refractivity contribution in [1.29, 1.82) is 0 Å². The van der Waals surface area contributed by atoms with Gasteiger partial charge in [-0.25, -0.2) is 9.50 Å². The lowest BCUT2D eigenvalue weighted by molar-refractivity contribution is 0.0944. The van der Waals surface area contributed by atoms with Crippen LogP contribution < -0.4 is 5.32 Å². The Balaban J connectivity index is 2.11. The first-order valence-corrected chi connectivity index (χ1v) is 8.43. The van der Waals surface area contributed by atoms with Gasteiger partial charge in [-0.05, 0) is 59.2 Å². The van der Waals surface area contributed by atoms with E-state index in [9.17, 15) is 5.11 Å². The van der Waals surface area contributed by atoms with E-state index in [0.717, 1.165) is 45.4 Å². The number of hydrogen-bond acceptors (Lipinski definition) is 5. The standard InChI is InChI=1S/C19H25N5O/c1-11-7-8-17(20-10-19(5,6)25)24-16(11)9-15(23-24)18-14(4)21-12(2)13(3)22-18/h7-9,20,25H,10H2,1-6H3. The topological polar surface area (TPSA) is 75.3 Å². The average Bonchev–Trinajstić information content (AvgIpc) is 2.95. The minimum absolute atomic E-state index is 0.433. The molecule has 25 heavy (non-hydrogen) atoms. The second kappa shape index (κ2) is 6.11. The fourth-order valence-electron chi connectivity index (χ4n) is 2.72. The van der Waals surface area contributed by atoms with Gasteiger partial charge in [-0.3, -0.25) is 4.98 Å². The Bertz CT molecular complexity index is 937. The van der Waals surface area contributed by atoms with Crippen molar-refractivity contribution in [3.63, 3.8) is 0 Å². The van der Waals surface area contributed by atoms with Gasteiger partial charge < -0.3 is 10.4 Å². The summed E-state index contributed by atoms with van der Waals surface area (Å²) in [6, 6.07) is 6.06. The predicted octanol–water partition coefficient (Wildman–Crippen LogP) is 3.21. The lowest BCUT2D eigenvalue weighted by Crippen LogP contribution is -2.30. The van der Waals surface area contributed by atoms with E-state index in [2.05, 4.69) is 22.2 Å². The molecule has 3 heterocycles. The summed E-state index contributed by atoms with van der Waals surface area (Å²) in [5.41, 5.74) is 5.66. The van der Waals surface area contributed by atoms with E-state index in [-0.39, 0.29) is 0 Å². The summed E-state index contributed by atoms with van der Waals surface area (Å²) in [7, 11) is 0. The van der Waals surface area contributed by atoms with Crippen molar-refractivity contribution in [2.45, 2.75) is 47.1 Å². The van der Waals surface area contributed by atoms with Crippen LogP contribution in [0.5, 0.6) is 0 Å². The molecule has 0 aromatic carbocycles. The molecule has 0 atom stereocenters. The van der Waals surface area contributed by atoms with E-state index in [1.807, 2.05) is 43.5 Å². The number of nitrogens with zero attached hydrogens (tertiary/aromatic N) is 4. The van der Waals surface area contributed by atoms with Crippen LogP contribution >= 0.6 is 0 Å². The SMILES string of the molecule is Cc1nc(C)c(-c2cc3c(C)ccc(NCC(C)(C)O)n3n2)nc1C. The molecule has 0 amide bonds. The number of nitrogens with one attached hydrogen (secondary N) is 1. The Hall–Kier alpha value is -2.47. The Morgan fingerprint density at radius 1 is 1.04 bits per heavy atom. The van der Waals surface area contributed by atoms with E-state index in [0.29, 0.717) is 6.54 Å². The molecule has 3 aromatic rings. The van der Waals surface area contributed by atoms with Crippen LogP contribution in [0.25, 0.3) is 16.9 Å². The molecule has 0 saturated carbocycles. The van der Waals surface area contributed by atoms with Crippen LogP contribution in [-0.4, -0.2) is 36.8 Å². The van der Waals surface area contributed by atoms with E-state index >= 15 is 0 Å². The summed E-state index contributed by atoms with van der Waals surface area (Å²) in [4.78, 5) is 9.26. The molecular weight excluding hydrogens is 314 g/mol. The van der Waals surface area contributed by atoms with Gasteiger partial charge in [-0.2, -0.15) is 5.10 Å². The largest absolute Gasteiger partial charge is 0.389 e. The summed E-state index contributed by atoms with van der Waals surface area (Å²) in [5, 5.41) is 18.0. The molecule has 132 valence electrons. The third-order valence-electron chi connectivity index (χ3n) is 4.26. The summed E-state index contributed by atoms with van der Waals surface area (Å²) in [6.07, 6.45) is 0. The molecule has 3 aromatic heterocycles. The average molecular weight is 339 g/mol. The fraction of sp³-hybridized carbons (Fsp3) is 0.421. The van der Waals surface area contributed by atoms with E-state index in [4.69, 9.17) is 5.10 Å². The minimum atomic E-state index is -0.802. The molecule has 6 nitrogen and oxygen atoms in total. The van der Waals surface area contributed by atoms with E-state index in [1.165, 1.54) is 0 Å². The first-order valence-electron chi connectivity index (χ1n) is 8.43. The molecule has 0 bridgehead atoms. The zero-order valence-electron chi connectivity index (χ0n) is 15.7. The quantitative estimate of drug-likeness (QED) is 0.763. The van der Waals surface area contributed by atoms with Gasteiger partial charge in [0.15, 0.2) is 0 Å². The van der Waals surface area contributed by atoms with Gasteiger partial charge in [0.05, 0.1) is 28.2 Å². The van der Waals surface area contributed by atoms with Gasteiger partial charge in [0.25, 0.3) is 0 Å². The highest BCUT2D eigenvalue weighted by Gasteiger charge is 2.16. The van der Waals surface area contributed by atoms with Gasteiger partial charge in [0.2, 0.25) is 0 Å². The molecule has 2 N–H and O–H groups in total. The van der Waals surface area contributed by atoms with Crippen molar-refractivity contribution in [3.05, 3.63) is 40.8 Å². The number of anilines is 1. The monoisotopic (exact) mass is 339 g/mol. The summed E-state index contributed by atoms with van der Waals surface area (Å²) < 4.78 is 1.87. The van der Waals surface area contributed by atoms with Crippen molar-refractivity contribution in [1.82, 2.24) is 19.6 Å². The Kier molecular flexibility index (Phi) is 4.24. The number of aliphatic hydroxyl groups is 1. The third-order valence-corrected chi connectivity index (χ3v) is 4.26. The molecule has 0 fully saturated rings. The Morgan fingerprint density at radius 2 is 1.72 bits per heavy atom. The number of aryl methyl sites for hydroxylation is 4. The Morgan fingerprint density at radius 3 is 2.40 bits per heavy atom. The molecule has 0 aliphatic carbocycles. The minimum Gasteiger partial charge on any atom is -0.389 e. The highest BCUT2D eigenvalue weighted by atomic mass is 16.3. The van der Waals surface area contributed by atoms with Crippen molar-refractivity contribution < 1.29 is 5.11 Å². The number of fused-ring (bicyclic) bond motifs is 1. The first kappa shape index (κ1) is 17.4. The zero-order valence-corrected chi connectivity index (χ0v) is 15.7. The third kappa shape index (κ3) is 3.49. The lowest BCUT2D eigenvalue weighted by atomic mass is 10.1. The molecule has 0 unspecified atom stereocenters. The van der Waals surface area contributed by atoms with Crippen molar-refractivity contribution in [2.24, 2.45) is 0 Å². The predicted molar refractivity (Wildman–Crippen MR) is 100.0 cm³/mol. The first-order chi connectivity index (χ1) is 11.7. The van der Waals surface area contributed by atoms with Gasteiger partial charge in [0, 0.05) is 6.54 Å². The smallest absolute Gasteiger partial charge is 0.128 e. The molecule has 3 rings (SSSR count). The van der Waals surface area contributed by atoms with Crippen LogP contribution in [0.3, 0.4) is 0 Å². The second-order valence-electron chi connectivity index (χ2n) is 7.22. The van der Waals surface area contributed by atoms with Crippen molar-refractivity contribution >= 4 is 11.3 Å². The van der Waals surface area contributed by atoms with Gasteiger partial charge in [-0.1, -0.05) is 6.07 Å². The number of hydrogen-bond donors (Lipinski definition) is 2. The van der Waals surface area contributed by atoms with Crippen LogP contribution in [0.15, 0.2) is 18.2 Å². The molecule has 0 saturated heterocycles. The highest BCUT2D eigenvalue weighted by molar-refractivity contribution is 5.69. The van der Waals surface area contributed by atoms with Crippen LogP contribution in [0.4, 0.5) is 5.82 Å². The van der Waals surface area contributed by atoms with E-state index in [1.54, 1.807) is 13.8 Å². The maximum atomic E-state index is 9.97. The number of rotatable bonds is 4. The van der Waals surface area contributed by atoms with Gasteiger partial charge in [0.1, 0.15) is 17.2 Å². The normalized spacial score (nSPS) is 12.0. The molecule has 0 radical (unpaired) electrons. The summed E-state index contributed by atoms with van der Waals surface area (Å²) in [5.74, 6) is 0.837. The number of pyridine rings is 1. The maximum absolute atomic E-state index is 9.97. The lowest BCUT2D eigenvalue weighted by Gasteiger charge is -2.19. The zero-order chi connectivity index (χ0) is 18.4. The van der Waals surface area contributed by atoms with E-state index < -0.39 is 5.60 Å². The molecule has 0 aliphatic heterocycles. The highest BCUT2D eigenvalue weighted by Crippen LogP contribution is 2.25. The molecule has 6 heteroatoms. The summed E-state index contributed by atoms with van der Waals surface area (Å²) in [6.45, 7) is 11.9. The van der Waals surface area contributed by atoms with Crippen LogP contribution in [-0.2, 0) is 0 Å². The van der Waals surface area contributed by atoms with Gasteiger partial charge in [-0.15, -0.1) is 0 Å². The maximum Gasteiger partial charge on any atom is 0.128 e.